The molecule has 1 atom stereocenters. The quantitative estimate of drug-likeness (QED) is 0.751. The maximum absolute atomic E-state index is 6.27. The Morgan fingerprint density at radius 3 is 3.33 bits per heavy atom. The van der Waals surface area contributed by atoms with Crippen molar-refractivity contribution >= 4 is 34.7 Å². The van der Waals surface area contributed by atoms with Crippen molar-refractivity contribution in [3.63, 3.8) is 0 Å². The van der Waals surface area contributed by atoms with Crippen LogP contribution in [0.2, 0.25) is 5.02 Å². The van der Waals surface area contributed by atoms with Crippen LogP contribution in [-0.2, 0) is 0 Å². The van der Waals surface area contributed by atoms with E-state index in [1.165, 1.54) is 22.9 Å². The van der Waals surface area contributed by atoms with Gasteiger partial charge in [-0.05, 0) is 12.1 Å². The van der Waals surface area contributed by atoms with Crippen LogP contribution >= 0.6 is 23.4 Å². The van der Waals surface area contributed by atoms with Gasteiger partial charge in [0.1, 0.15) is 0 Å². The summed E-state index contributed by atoms with van der Waals surface area (Å²) in [7, 11) is 0. The molecule has 2 aliphatic rings. The molecule has 0 amide bonds. The zero-order valence-corrected chi connectivity index (χ0v) is 9.94. The van der Waals surface area contributed by atoms with Crippen LogP contribution in [0.1, 0.15) is 0 Å². The molecule has 0 aromatic heterocycles. The van der Waals surface area contributed by atoms with Crippen LogP contribution in [0.25, 0.3) is 0 Å². The number of thioether (sulfide) groups is 1. The molecule has 1 aromatic rings. The molecule has 3 rings (SSSR count). The molecule has 0 aliphatic carbocycles. The van der Waals surface area contributed by atoms with Gasteiger partial charge in [0.05, 0.1) is 22.4 Å². The lowest BCUT2D eigenvalue weighted by Crippen LogP contribution is -2.49. The van der Waals surface area contributed by atoms with Gasteiger partial charge in [-0.3, -0.25) is 0 Å². The third-order valence-corrected chi connectivity index (χ3v) is 4.43. The Bertz CT molecular complexity index is 383. The van der Waals surface area contributed by atoms with Crippen LogP contribution in [0, 0.1) is 0 Å². The first-order valence-corrected chi connectivity index (χ1v) is 6.76. The first-order valence-electron chi connectivity index (χ1n) is 5.23. The van der Waals surface area contributed by atoms with Gasteiger partial charge in [-0.1, -0.05) is 17.7 Å². The molecule has 0 bridgehead atoms. The van der Waals surface area contributed by atoms with Gasteiger partial charge >= 0.3 is 0 Å². The fourth-order valence-corrected chi connectivity index (χ4v) is 3.64. The Balaban J connectivity index is 2.05. The van der Waals surface area contributed by atoms with Gasteiger partial charge in [0.15, 0.2) is 0 Å². The Labute approximate surface area is 99.0 Å². The first-order chi connectivity index (χ1) is 7.36. The molecular formula is C11H13ClN2S. The molecule has 15 heavy (non-hydrogen) atoms. The molecular weight excluding hydrogens is 228 g/mol. The number of halogens is 1. The number of hydrogen-bond donors (Lipinski definition) is 1. The monoisotopic (exact) mass is 240 g/mol. The number of benzene rings is 1. The van der Waals surface area contributed by atoms with E-state index in [4.69, 9.17) is 11.6 Å². The Hall–Kier alpha value is -0.540. The number of hydrogen-bond acceptors (Lipinski definition) is 3. The molecule has 0 spiro atoms. The van der Waals surface area contributed by atoms with E-state index < -0.39 is 0 Å². The van der Waals surface area contributed by atoms with Gasteiger partial charge in [0, 0.05) is 24.6 Å². The summed E-state index contributed by atoms with van der Waals surface area (Å²) in [5, 5.41) is 4.34. The second-order valence-corrected chi connectivity index (χ2v) is 5.50. The fraction of sp³-hybridized carbons (Fsp3) is 0.455. The van der Waals surface area contributed by atoms with Crippen LogP contribution in [0.4, 0.5) is 11.4 Å². The van der Waals surface area contributed by atoms with Crippen LogP contribution in [0.15, 0.2) is 18.2 Å². The lowest BCUT2D eigenvalue weighted by molar-refractivity contribution is 0.656. The van der Waals surface area contributed by atoms with Crippen molar-refractivity contribution in [2.24, 2.45) is 0 Å². The largest absolute Gasteiger partial charge is 0.381 e. The topological polar surface area (TPSA) is 15.3 Å². The van der Waals surface area contributed by atoms with Crippen molar-refractivity contribution in [2.75, 3.05) is 34.8 Å². The van der Waals surface area contributed by atoms with E-state index in [1.54, 1.807) is 0 Å². The third-order valence-electron chi connectivity index (χ3n) is 3.03. The second kappa shape index (κ2) is 3.80. The Morgan fingerprint density at radius 2 is 2.40 bits per heavy atom. The molecule has 80 valence electrons. The minimum Gasteiger partial charge on any atom is -0.381 e. The molecule has 0 radical (unpaired) electrons. The summed E-state index contributed by atoms with van der Waals surface area (Å²) in [6.45, 7) is 2.16. The van der Waals surface area contributed by atoms with Gasteiger partial charge in [-0.2, -0.15) is 11.8 Å². The highest BCUT2D eigenvalue weighted by Gasteiger charge is 2.29. The second-order valence-electron chi connectivity index (χ2n) is 3.94. The van der Waals surface area contributed by atoms with E-state index in [0.717, 1.165) is 18.1 Å². The third kappa shape index (κ3) is 1.58. The van der Waals surface area contributed by atoms with Crippen LogP contribution < -0.4 is 10.2 Å². The Morgan fingerprint density at radius 1 is 1.47 bits per heavy atom. The van der Waals surface area contributed by atoms with E-state index >= 15 is 0 Å². The van der Waals surface area contributed by atoms with Crippen LogP contribution in [-0.4, -0.2) is 30.6 Å². The zero-order chi connectivity index (χ0) is 10.3. The molecule has 1 unspecified atom stereocenters. The number of nitrogens with one attached hydrogen (secondary N) is 1. The standard InChI is InChI=1S/C11H13ClN2S/c12-9-2-1-3-10-11(9)14-4-5-15-7-8(14)6-13-10/h1-3,8,13H,4-7H2. The first kappa shape index (κ1) is 9.67. The summed E-state index contributed by atoms with van der Waals surface area (Å²) < 4.78 is 0. The van der Waals surface area contributed by atoms with E-state index in [9.17, 15) is 0 Å². The van der Waals surface area contributed by atoms with Crippen molar-refractivity contribution in [1.82, 2.24) is 0 Å². The highest BCUT2D eigenvalue weighted by atomic mass is 35.5. The predicted molar refractivity (Wildman–Crippen MR) is 68.4 cm³/mol. The number of nitrogens with zero attached hydrogens (tertiary/aromatic N) is 1. The number of rotatable bonds is 0. The normalized spacial score (nSPS) is 24.1. The predicted octanol–water partition coefficient (Wildman–Crippen LogP) is 2.69. The fourth-order valence-electron chi connectivity index (χ4n) is 2.30. The van der Waals surface area contributed by atoms with E-state index in [2.05, 4.69) is 16.3 Å². The summed E-state index contributed by atoms with van der Waals surface area (Å²) >= 11 is 8.31. The van der Waals surface area contributed by atoms with Crippen molar-refractivity contribution in [1.29, 1.82) is 0 Å². The van der Waals surface area contributed by atoms with Crippen molar-refractivity contribution < 1.29 is 0 Å². The highest BCUT2D eigenvalue weighted by Crippen LogP contribution is 2.39. The van der Waals surface area contributed by atoms with Gasteiger partial charge in [0.2, 0.25) is 0 Å². The summed E-state index contributed by atoms with van der Waals surface area (Å²) in [6, 6.07) is 6.70. The SMILES string of the molecule is Clc1cccc2c1N1CCSCC1CN2. The number of fused-ring (bicyclic) bond motifs is 3. The average molecular weight is 241 g/mol. The number of para-hydroxylation sites is 1. The van der Waals surface area contributed by atoms with E-state index in [1.807, 2.05) is 23.9 Å². The summed E-state index contributed by atoms with van der Waals surface area (Å²) in [6.07, 6.45) is 0. The van der Waals surface area contributed by atoms with Gasteiger partial charge < -0.3 is 10.2 Å². The summed E-state index contributed by atoms with van der Waals surface area (Å²) in [5.74, 6) is 2.42. The smallest absolute Gasteiger partial charge is 0.0794 e. The number of anilines is 2. The zero-order valence-electron chi connectivity index (χ0n) is 8.37. The lowest BCUT2D eigenvalue weighted by atomic mass is 10.1. The van der Waals surface area contributed by atoms with Crippen molar-refractivity contribution in [3.05, 3.63) is 23.2 Å². The maximum Gasteiger partial charge on any atom is 0.0794 e. The molecule has 1 fully saturated rings. The highest BCUT2D eigenvalue weighted by molar-refractivity contribution is 7.99. The minimum atomic E-state index is 0.608. The average Bonchev–Trinajstić information content (AvgIpc) is 2.29. The minimum absolute atomic E-state index is 0.608. The van der Waals surface area contributed by atoms with Crippen LogP contribution in [0.3, 0.4) is 0 Å². The van der Waals surface area contributed by atoms with Gasteiger partial charge in [0.25, 0.3) is 0 Å². The van der Waals surface area contributed by atoms with Gasteiger partial charge in [-0.25, -0.2) is 0 Å². The Kier molecular flexibility index (Phi) is 2.45. The van der Waals surface area contributed by atoms with Gasteiger partial charge in [-0.15, -0.1) is 0 Å². The van der Waals surface area contributed by atoms with E-state index in [-0.39, 0.29) is 0 Å². The molecule has 1 saturated heterocycles. The summed E-state index contributed by atoms with van der Waals surface area (Å²) in [4.78, 5) is 2.46. The van der Waals surface area contributed by atoms with Crippen molar-refractivity contribution in [2.45, 2.75) is 6.04 Å². The van der Waals surface area contributed by atoms with Crippen LogP contribution in [0.5, 0.6) is 0 Å². The lowest BCUT2D eigenvalue weighted by Gasteiger charge is -2.42. The molecule has 0 saturated carbocycles. The molecule has 2 heterocycles. The molecule has 2 nitrogen and oxygen atoms in total. The van der Waals surface area contributed by atoms with E-state index in [0.29, 0.717) is 6.04 Å². The summed E-state index contributed by atoms with van der Waals surface area (Å²) in [5.41, 5.74) is 2.39. The molecule has 4 heteroatoms. The molecule has 1 N–H and O–H groups in total. The molecule has 1 aromatic carbocycles. The maximum atomic E-state index is 6.27. The van der Waals surface area contributed by atoms with Crippen molar-refractivity contribution in [3.8, 4) is 0 Å². The molecule has 2 aliphatic heterocycles.